The first kappa shape index (κ1) is 20.4. The van der Waals surface area contributed by atoms with Crippen LogP contribution in [0.1, 0.15) is 41.6 Å². The number of halogens is 6. The summed E-state index contributed by atoms with van der Waals surface area (Å²) in [4.78, 5) is 22.0. The molecular formula is C20H15F6N3O. The summed E-state index contributed by atoms with van der Waals surface area (Å²) >= 11 is 0. The Morgan fingerprint density at radius 2 is 1.63 bits per heavy atom. The van der Waals surface area contributed by atoms with Crippen LogP contribution in [0.4, 0.5) is 26.3 Å². The van der Waals surface area contributed by atoms with Gasteiger partial charge in [-0.25, -0.2) is 0 Å². The van der Waals surface area contributed by atoms with E-state index in [1.807, 2.05) is 0 Å². The number of hydrogen-bond acceptors (Lipinski definition) is 3. The molecule has 1 amide bonds. The van der Waals surface area contributed by atoms with E-state index in [9.17, 15) is 31.1 Å². The molecule has 0 N–H and O–H groups in total. The third kappa shape index (κ3) is 3.44. The molecular weight excluding hydrogens is 412 g/mol. The summed E-state index contributed by atoms with van der Waals surface area (Å²) in [5.74, 6) is -0.547. The molecule has 1 saturated heterocycles. The summed E-state index contributed by atoms with van der Waals surface area (Å²) < 4.78 is 76.5. The van der Waals surface area contributed by atoms with Crippen molar-refractivity contribution >= 4 is 11.6 Å². The van der Waals surface area contributed by atoms with Crippen LogP contribution in [0, 0.1) is 0 Å². The molecule has 3 heterocycles. The van der Waals surface area contributed by atoms with Crippen LogP contribution in [0.2, 0.25) is 0 Å². The molecule has 3 unspecified atom stereocenters. The molecule has 10 heteroatoms. The van der Waals surface area contributed by atoms with Crippen LogP contribution in [0.3, 0.4) is 0 Å². The monoisotopic (exact) mass is 427 g/mol. The first-order valence-corrected chi connectivity index (χ1v) is 9.05. The number of pyridine rings is 1. The summed E-state index contributed by atoms with van der Waals surface area (Å²) in [6.45, 7) is 1.79. The molecule has 0 saturated carbocycles. The predicted molar refractivity (Wildman–Crippen MR) is 94.7 cm³/mol. The topological polar surface area (TPSA) is 45.6 Å². The third-order valence-electron chi connectivity index (χ3n) is 5.47. The second kappa shape index (κ2) is 6.82. The first-order chi connectivity index (χ1) is 14.0. The maximum absolute atomic E-state index is 12.8. The number of benzene rings is 1. The Morgan fingerprint density at radius 1 is 0.967 bits per heavy atom. The van der Waals surface area contributed by atoms with Crippen LogP contribution in [0.25, 0.3) is 0 Å². The van der Waals surface area contributed by atoms with Crippen molar-refractivity contribution in [3.05, 3.63) is 65.0 Å². The maximum Gasteiger partial charge on any atom is 0.433 e. The minimum atomic E-state index is -4.57. The maximum atomic E-state index is 12.8. The van der Waals surface area contributed by atoms with Crippen molar-refractivity contribution in [3.8, 4) is 0 Å². The lowest BCUT2D eigenvalue weighted by molar-refractivity contribution is -0.146. The van der Waals surface area contributed by atoms with Crippen molar-refractivity contribution < 1.29 is 31.1 Å². The number of amides is 1. The number of rotatable bonds is 2. The van der Waals surface area contributed by atoms with Gasteiger partial charge in [0.25, 0.3) is 0 Å². The van der Waals surface area contributed by atoms with Crippen LogP contribution < -0.4 is 0 Å². The Labute approximate surface area is 167 Å². The fourth-order valence-electron chi connectivity index (χ4n) is 3.95. The molecule has 0 spiro atoms. The zero-order valence-corrected chi connectivity index (χ0v) is 15.5. The zero-order chi connectivity index (χ0) is 21.8. The lowest BCUT2D eigenvalue weighted by Gasteiger charge is -2.54. The lowest BCUT2D eigenvalue weighted by atomic mass is 9.78. The van der Waals surface area contributed by atoms with Gasteiger partial charge in [-0.2, -0.15) is 26.3 Å². The number of fused-ring (bicyclic) bond motifs is 1. The van der Waals surface area contributed by atoms with Crippen molar-refractivity contribution in [1.82, 2.24) is 9.88 Å². The summed E-state index contributed by atoms with van der Waals surface area (Å²) in [5, 5.41) is 0. The summed E-state index contributed by atoms with van der Waals surface area (Å²) in [6, 6.07) is 6.50. The van der Waals surface area contributed by atoms with Crippen molar-refractivity contribution in [2.75, 3.05) is 0 Å². The summed E-state index contributed by atoms with van der Waals surface area (Å²) in [5.41, 5.74) is -0.585. The molecule has 2 aliphatic heterocycles. The number of nitrogens with zero attached hydrogens (tertiary/aromatic N) is 3. The molecule has 30 heavy (non-hydrogen) atoms. The van der Waals surface area contributed by atoms with Gasteiger partial charge in [0.1, 0.15) is 11.9 Å². The van der Waals surface area contributed by atoms with Gasteiger partial charge in [-0.05, 0) is 36.8 Å². The van der Waals surface area contributed by atoms with Gasteiger partial charge in [-0.3, -0.25) is 14.8 Å². The van der Waals surface area contributed by atoms with Crippen molar-refractivity contribution in [3.63, 3.8) is 0 Å². The highest BCUT2D eigenvalue weighted by molar-refractivity contribution is 6.12. The van der Waals surface area contributed by atoms with E-state index < -0.39 is 29.8 Å². The molecule has 2 aliphatic rings. The Balaban J connectivity index is 1.62. The fourth-order valence-corrected chi connectivity index (χ4v) is 3.95. The van der Waals surface area contributed by atoms with E-state index >= 15 is 0 Å². The quantitative estimate of drug-likeness (QED) is 0.655. The second-order valence-electron chi connectivity index (χ2n) is 7.28. The van der Waals surface area contributed by atoms with Gasteiger partial charge in [-0.15, -0.1) is 0 Å². The summed E-state index contributed by atoms with van der Waals surface area (Å²) in [7, 11) is 0. The molecule has 1 aromatic carbocycles. The van der Waals surface area contributed by atoms with E-state index in [1.54, 1.807) is 11.8 Å². The van der Waals surface area contributed by atoms with Crippen LogP contribution in [0.5, 0.6) is 0 Å². The second-order valence-corrected chi connectivity index (χ2v) is 7.28. The Bertz CT molecular complexity index is 995. The van der Waals surface area contributed by atoms with Crippen molar-refractivity contribution in [2.45, 2.75) is 43.8 Å². The first-order valence-electron chi connectivity index (χ1n) is 9.05. The van der Waals surface area contributed by atoms with Crippen LogP contribution in [-0.2, 0) is 17.1 Å². The highest BCUT2D eigenvalue weighted by Crippen LogP contribution is 2.44. The smallest absolute Gasteiger partial charge is 0.316 e. The van der Waals surface area contributed by atoms with E-state index in [1.165, 1.54) is 18.2 Å². The molecule has 4 rings (SSSR count). The molecule has 158 valence electrons. The number of aromatic nitrogens is 1. The van der Waals surface area contributed by atoms with Gasteiger partial charge in [0.05, 0.1) is 17.7 Å². The van der Waals surface area contributed by atoms with Gasteiger partial charge >= 0.3 is 12.4 Å². The highest BCUT2D eigenvalue weighted by atomic mass is 19.4. The molecule has 3 atom stereocenters. The minimum absolute atomic E-state index is 0.0758. The molecule has 4 nitrogen and oxygen atoms in total. The molecule has 0 bridgehead atoms. The SMILES string of the molecule is CC1C(c2ccc(C(F)(F)F)cc2)C2N=C(c3ccc(C(F)(F)F)nc3)CC(=O)N12. The minimum Gasteiger partial charge on any atom is -0.316 e. The van der Waals surface area contributed by atoms with Crippen molar-refractivity contribution in [1.29, 1.82) is 0 Å². The lowest BCUT2D eigenvalue weighted by Crippen LogP contribution is -2.64. The van der Waals surface area contributed by atoms with E-state index in [0.29, 0.717) is 16.8 Å². The van der Waals surface area contributed by atoms with Gasteiger partial charge in [-0.1, -0.05) is 12.1 Å². The number of carbonyl (C=O) groups is 1. The molecule has 1 fully saturated rings. The Morgan fingerprint density at radius 3 is 2.17 bits per heavy atom. The number of alkyl halides is 6. The summed E-state index contributed by atoms with van der Waals surface area (Å²) in [6.07, 6.45) is -8.68. The van der Waals surface area contributed by atoms with Crippen molar-refractivity contribution in [2.24, 2.45) is 4.99 Å². The Hall–Kier alpha value is -2.91. The largest absolute Gasteiger partial charge is 0.433 e. The van der Waals surface area contributed by atoms with E-state index in [2.05, 4.69) is 9.98 Å². The Kier molecular flexibility index (Phi) is 4.63. The van der Waals surface area contributed by atoms with Crippen LogP contribution in [0.15, 0.2) is 47.6 Å². The molecule has 0 aliphatic carbocycles. The zero-order valence-electron chi connectivity index (χ0n) is 15.5. The average molecular weight is 427 g/mol. The predicted octanol–water partition coefficient (Wildman–Crippen LogP) is 4.65. The highest BCUT2D eigenvalue weighted by Gasteiger charge is 2.51. The third-order valence-corrected chi connectivity index (χ3v) is 5.47. The number of aliphatic imine (C=N–C) groups is 1. The van der Waals surface area contributed by atoms with Gasteiger partial charge < -0.3 is 4.90 Å². The van der Waals surface area contributed by atoms with E-state index in [4.69, 9.17) is 0 Å². The van der Waals surface area contributed by atoms with Crippen LogP contribution >= 0.6 is 0 Å². The van der Waals surface area contributed by atoms with Gasteiger partial charge in [0.15, 0.2) is 0 Å². The molecule has 0 radical (unpaired) electrons. The average Bonchev–Trinajstić information content (AvgIpc) is 2.66. The molecule has 2 aromatic rings. The normalized spacial score (nSPS) is 24.2. The van der Waals surface area contributed by atoms with Crippen LogP contribution in [-0.4, -0.2) is 33.7 Å². The number of hydrogen-bond donors (Lipinski definition) is 0. The molecule has 1 aromatic heterocycles. The fraction of sp³-hybridized carbons (Fsp3) is 0.350. The van der Waals surface area contributed by atoms with Gasteiger partial charge in [0.2, 0.25) is 5.91 Å². The standard InChI is InChI=1S/C20H15F6N3O/c1-10-17(11-2-5-13(6-3-11)19(21,22)23)18-28-14(8-16(30)29(10)18)12-4-7-15(27-9-12)20(24,25)26/h2-7,9-10,17-18H,8H2,1H3. The van der Waals surface area contributed by atoms with E-state index in [0.717, 1.165) is 24.4 Å². The van der Waals surface area contributed by atoms with E-state index in [-0.39, 0.29) is 24.3 Å². The van der Waals surface area contributed by atoms with Gasteiger partial charge in [0, 0.05) is 23.7 Å². The number of carbonyl (C=O) groups excluding carboxylic acids is 1.